The Labute approximate surface area is 156 Å². The molecule has 9 heteroatoms. The van der Waals surface area contributed by atoms with E-state index in [0.717, 1.165) is 55.2 Å². The number of hydrogen-bond donors (Lipinski definition) is 1. The zero-order chi connectivity index (χ0) is 18.7. The molecule has 2 aromatic rings. The van der Waals surface area contributed by atoms with Gasteiger partial charge in [-0.2, -0.15) is 0 Å². The summed E-state index contributed by atoms with van der Waals surface area (Å²) in [6.07, 6.45) is 3.36. The summed E-state index contributed by atoms with van der Waals surface area (Å²) in [5, 5.41) is 14.9. The molecule has 0 spiro atoms. The number of benzene rings is 1. The summed E-state index contributed by atoms with van der Waals surface area (Å²) in [5.74, 6) is 0. The Morgan fingerprint density at radius 2 is 1.92 bits per heavy atom. The van der Waals surface area contributed by atoms with Crippen LogP contribution in [-0.4, -0.2) is 44.1 Å². The quantitative estimate of drug-likeness (QED) is 0.571. The number of nitrogens with zero attached hydrogens (tertiary/aromatic N) is 2. The van der Waals surface area contributed by atoms with Crippen molar-refractivity contribution in [2.75, 3.05) is 31.2 Å². The summed E-state index contributed by atoms with van der Waals surface area (Å²) >= 11 is 0.916. The molecule has 1 saturated heterocycles. The molecule has 140 valence electrons. The summed E-state index contributed by atoms with van der Waals surface area (Å²) in [6.45, 7) is 2.73. The van der Waals surface area contributed by atoms with Crippen LogP contribution in [0, 0.1) is 10.1 Å². The molecule has 2 heterocycles. The molecule has 0 radical (unpaired) electrons. The highest BCUT2D eigenvalue weighted by Crippen LogP contribution is 2.39. The second-order valence-electron chi connectivity index (χ2n) is 6.42. The van der Waals surface area contributed by atoms with Gasteiger partial charge in [-0.1, -0.05) is 41.7 Å². The Morgan fingerprint density at radius 1 is 1.27 bits per heavy atom. The van der Waals surface area contributed by atoms with Crippen molar-refractivity contribution in [3.63, 3.8) is 0 Å². The van der Waals surface area contributed by atoms with E-state index >= 15 is 0 Å². The molecule has 1 fully saturated rings. The second kappa shape index (κ2) is 7.73. The normalized spacial score (nSPS) is 16.5. The van der Waals surface area contributed by atoms with Crippen molar-refractivity contribution < 1.29 is 13.3 Å². The van der Waals surface area contributed by atoms with E-state index in [2.05, 4.69) is 10.2 Å². The number of thiophene rings is 1. The Kier molecular flexibility index (Phi) is 5.59. The lowest BCUT2D eigenvalue weighted by Gasteiger charge is -2.25. The highest BCUT2D eigenvalue weighted by Gasteiger charge is 2.27. The Morgan fingerprint density at radius 3 is 2.50 bits per heavy atom. The average molecular weight is 396 g/mol. The lowest BCUT2D eigenvalue weighted by molar-refractivity contribution is -0.383. The minimum Gasteiger partial charge on any atom is -0.363 e. The predicted molar refractivity (Wildman–Crippen MR) is 103 cm³/mol. The molecule has 0 amide bonds. The molecule has 0 aliphatic carbocycles. The molecule has 0 bridgehead atoms. The van der Waals surface area contributed by atoms with Gasteiger partial charge in [-0.25, -0.2) is 8.42 Å². The Hall–Kier alpha value is -1.97. The van der Waals surface area contributed by atoms with Gasteiger partial charge in [-0.05, 0) is 31.5 Å². The maximum absolute atomic E-state index is 11.8. The number of likely N-dealkylation sites (tertiary alicyclic amines) is 1. The van der Waals surface area contributed by atoms with Crippen molar-refractivity contribution in [3.05, 3.63) is 52.1 Å². The van der Waals surface area contributed by atoms with Crippen molar-refractivity contribution >= 4 is 31.9 Å². The third-order valence-corrected chi connectivity index (χ3v) is 7.26. The van der Waals surface area contributed by atoms with Gasteiger partial charge in [-0.15, -0.1) is 0 Å². The van der Waals surface area contributed by atoms with Crippen LogP contribution in [0.15, 0.2) is 40.6 Å². The van der Waals surface area contributed by atoms with Crippen LogP contribution in [0.5, 0.6) is 0 Å². The largest absolute Gasteiger partial charge is 0.363 e. The fourth-order valence-corrected chi connectivity index (χ4v) is 5.07. The molecule has 3 rings (SSSR count). The first kappa shape index (κ1) is 18.8. The fraction of sp³-hybridized carbons (Fsp3) is 0.412. The molecule has 0 saturated carbocycles. The topological polar surface area (TPSA) is 92.5 Å². The van der Waals surface area contributed by atoms with E-state index < -0.39 is 14.8 Å². The van der Waals surface area contributed by atoms with Gasteiger partial charge < -0.3 is 10.2 Å². The molecule has 26 heavy (non-hydrogen) atoms. The molecule has 1 atom stereocenters. The van der Waals surface area contributed by atoms with Crippen LogP contribution in [-0.2, 0) is 9.84 Å². The molecule has 1 aromatic carbocycles. The number of nitrogens with one attached hydrogen (secondary N) is 1. The first-order valence-corrected chi connectivity index (χ1v) is 11.1. The van der Waals surface area contributed by atoms with E-state index in [1.807, 2.05) is 30.3 Å². The summed E-state index contributed by atoms with van der Waals surface area (Å²) in [5.41, 5.74) is 0.820. The van der Waals surface area contributed by atoms with Gasteiger partial charge in [0.1, 0.15) is 4.21 Å². The van der Waals surface area contributed by atoms with Crippen LogP contribution in [0.4, 0.5) is 10.7 Å². The smallest absolute Gasteiger partial charge is 0.304 e. The van der Waals surface area contributed by atoms with Crippen molar-refractivity contribution in [2.24, 2.45) is 0 Å². The van der Waals surface area contributed by atoms with E-state index in [0.29, 0.717) is 6.54 Å². The van der Waals surface area contributed by atoms with Gasteiger partial charge in [0, 0.05) is 18.9 Å². The van der Waals surface area contributed by atoms with E-state index in [-0.39, 0.29) is 20.9 Å². The molecular weight excluding hydrogens is 374 g/mol. The van der Waals surface area contributed by atoms with Crippen LogP contribution in [0.1, 0.15) is 24.4 Å². The molecule has 1 aliphatic heterocycles. The maximum atomic E-state index is 11.8. The molecular formula is C17H21N3O4S2. The SMILES string of the molecule is CS(=O)(=O)c1cc([N+](=O)[O-])c(NC(CN2CCCC2)c2ccccc2)s1. The van der Waals surface area contributed by atoms with Gasteiger partial charge in [0.05, 0.1) is 11.0 Å². The highest BCUT2D eigenvalue weighted by atomic mass is 32.2. The average Bonchev–Trinajstić information content (AvgIpc) is 3.24. The van der Waals surface area contributed by atoms with Crippen LogP contribution >= 0.6 is 11.3 Å². The summed E-state index contributed by atoms with van der Waals surface area (Å²) in [4.78, 5) is 13.2. The summed E-state index contributed by atoms with van der Waals surface area (Å²) in [7, 11) is -3.50. The fourth-order valence-electron chi connectivity index (χ4n) is 3.08. The zero-order valence-corrected chi connectivity index (χ0v) is 16.1. The lowest BCUT2D eigenvalue weighted by atomic mass is 10.1. The molecule has 1 aliphatic rings. The standard InChI is InChI=1S/C17H21N3O4S2/c1-26(23,24)16-11-15(20(21)22)17(25-16)18-14(12-19-9-5-6-10-19)13-7-3-2-4-8-13/h2-4,7-8,11,14,18H,5-6,9-10,12H2,1H3. The molecule has 1 aromatic heterocycles. The molecule has 7 nitrogen and oxygen atoms in total. The van der Waals surface area contributed by atoms with Gasteiger partial charge in [-0.3, -0.25) is 10.1 Å². The number of nitro groups is 1. The van der Waals surface area contributed by atoms with Crippen molar-refractivity contribution in [3.8, 4) is 0 Å². The van der Waals surface area contributed by atoms with Crippen LogP contribution in [0.2, 0.25) is 0 Å². The van der Waals surface area contributed by atoms with Gasteiger partial charge in [0.15, 0.2) is 14.8 Å². The summed E-state index contributed by atoms with van der Waals surface area (Å²) in [6, 6.07) is 10.7. The Balaban J connectivity index is 1.93. The van der Waals surface area contributed by atoms with Crippen LogP contribution < -0.4 is 5.32 Å². The first-order chi connectivity index (χ1) is 12.3. The molecule has 1 unspecified atom stereocenters. The van der Waals surface area contributed by atoms with Gasteiger partial charge >= 0.3 is 5.69 Å². The number of sulfone groups is 1. The van der Waals surface area contributed by atoms with Crippen molar-refractivity contribution in [2.45, 2.75) is 23.1 Å². The number of hydrogen-bond acceptors (Lipinski definition) is 7. The minimum absolute atomic E-state index is 0.000292. The van der Waals surface area contributed by atoms with Crippen LogP contribution in [0.3, 0.4) is 0 Å². The highest BCUT2D eigenvalue weighted by molar-refractivity contribution is 7.92. The molecule has 1 N–H and O–H groups in total. The van der Waals surface area contributed by atoms with E-state index in [4.69, 9.17) is 0 Å². The third kappa shape index (κ3) is 4.40. The summed E-state index contributed by atoms with van der Waals surface area (Å²) < 4.78 is 23.6. The van der Waals surface area contributed by atoms with E-state index in [1.54, 1.807) is 0 Å². The number of rotatable bonds is 7. The lowest BCUT2D eigenvalue weighted by Crippen LogP contribution is -2.29. The third-order valence-electron chi connectivity index (χ3n) is 4.40. The monoisotopic (exact) mass is 395 g/mol. The zero-order valence-electron chi connectivity index (χ0n) is 14.4. The van der Waals surface area contributed by atoms with Crippen molar-refractivity contribution in [1.29, 1.82) is 0 Å². The Bertz CT molecular complexity index is 875. The minimum atomic E-state index is -3.50. The predicted octanol–water partition coefficient (Wildman–Crippen LogP) is 3.31. The van der Waals surface area contributed by atoms with Gasteiger partial charge in [0.25, 0.3) is 0 Å². The van der Waals surface area contributed by atoms with E-state index in [1.165, 1.54) is 0 Å². The second-order valence-corrected chi connectivity index (χ2v) is 9.72. The van der Waals surface area contributed by atoms with Crippen molar-refractivity contribution in [1.82, 2.24) is 4.90 Å². The van der Waals surface area contributed by atoms with Crippen LogP contribution in [0.25, 0.3) is 0 Å². The first-order valence-electron chi connectivity index (χ1n) is 8.37. The van der Waals surface area contributed by atoms with Gasteiger partial charge in [0.2, 0.25) is 0 Å². The van der Waals surface area contributed by atoms with E-state index in [9.17, 15) is 18.5 Å². The number of anilines is 1. The maximum Gasteiger partial charge on any atom is 0.304 e.